The maximum Gasteiger partial charge on any atom is 0.573 e. The second-order valence-electron chi connectivity index (χ2n) is 5.98. The molecule has 0 radical (unpaired) electrons. The molecule has 0 spiro atoms. The van der Waals surface area contributed by atoms with E-state index in [2.05, 4.69) is 4.74 Å². The minimum atomic E-state index is -4.86. The van der Waals surface area contributed by atoms with Crippen LogP contribution in [-0.2, 0) is 11.2 Å². The van der Waals surface area contributed by atoms with E-state index in [-0.39, 0.29) is 27.7 Å². The van der Waals surface area contributed by atoms with Crippen molar-refractivity contribution in [2.24, 2.45) is 0 Å². The Labute approximate surface area is 155 Å². The SMILES string of the molecule is Cc1c(CC(=O)O)c2c(F)cccc2n1C(=O)c1ccc(OC(F)(F)F)cc1. The predicted octanol–water partition coefficient (Wildman–Crippen LogP) is 4.30. The summed E-state index contributed by atoms with van der Waals surface area (Å²) in [5.41, 5.74) is 0.601. The average Bonchev–Trinajstić information content (AvgIpc) is 2.86. The molecule has 1 heterocycles. The van der Waals surface area contributed by atoms with Gasteiger partial charge in [-0.25, -0.2) is 4.39 Å². The Bertz CT molecular complexity index is 1070. The first kappa shape index (κ1) is 19.4. The molecule has 0 unspecified atom stereocenters. The Kier molecular flexibility index (Phi) is 4.84. The number of carboxylic acids is 1. The largest absolute Gasteiger partial charge is 0.573 e. The lowest BCUT2D eigenvalue weighted by atomic mass is 10.1. The number of carbonyl (C=O) groups excluding carboxylic acids is 1. The van der Waals surface area contributed by atoms with Crippen molar-refractivity contribution in [3.05, 3.63) is 65.1 Å². The van der Waals surface area contributed by atoms with Crippen molar-refractivity contribution < 1.29 is 37.0 Å². The van der Waals surface area contributed by atoms with E-state index in [1.54, 1.807) is 0 Å². The van der Waals surface area contributed by atoms with Gasteiger partial charge in [0.05, 0.1) is 11.9 Å². The molecule has 0 aliphatic rings. The predicted molar refractivity (Wildman–Crippen MR) is 90.8 cm³/mol. The minimum absolute atomic E-state index is 0.0211. The number of nitrogens with zero attached hydrogens (tertiary/aromatic N) is 1. The summed E-state index contributed by atoms with van der Waals surface area (Å²) in [5.74, 6) is -2.98. The van der Waals surface area contributed by atoms with Crippen LogP contribution in [0.2, 0.25) is 0 Å². The van der Waals surface area contributed by atoms with Crippen molar-refractivity contribution in [2.75, 3.05) is 0 Å². The van der Waals surface area contributed by atoms with E-state index in [1.165, 1.54) is 19.1 Å². The van der Waals surface area contributed by atoms with Crippen molar-refractivity contribution >= 4 is 22.8 Å². The van der Waals surface area contributed by atoms with Crippen molar-refractivity contribution in [2.45, 2.75) is 19.7 Å². The molecule has 0 saturated heterocycles. The van der Waals surface area contributed by atoms with Crippen LogP contribution in [-0.4, -0.2) is 27.9 Å². The molecule has 5 nitrogen and oxygen atoms in total. The molecule has 28 heavy (non-hydrogen) atoms. The van der Waals surface area contributed by atoms with Gasteiger partial charge >= 0.3 is 12.3 Å². The molecule has 1 N–H and O–H groups in total. The lowest BCUT2D eigenvalue weighted by molar-refractivity contribution is -0.274. The minimum Gasteiger partial charge on any atom is -0.481 e. The number of aromatic nitrogens is 1. The highest BCUT2D eigenvalue weighted by Crippen LogP contribution is 2.30. The number of aliphatic carboxylic acids is 1. The van der Waals surface area contributed by atoms with Gasteiger partial charge in [0.15, 0.2) is 0 Å². The number of benzene rings is 2. The van der Waals surface area contributed by atoms with E-state index < -0.39 is 36.2 Å². The highest BCUT2D eigenvalue weighted by atomic mass is 19.4. The van der Waals surface area contributed by atoms with Crippen molar-refractivity contribution in [1.82, 2.24) is 4.57 Å². The number of alkyl halides is 3. The third-order valence-corrected chi connectivity index (χ3v) is 4.17. The topological polar surface area (TPSA) is 68.5 Å². The zero-order valence-electron chi connectivity index (χ0n) is 14.4. The number of carboxylic acid groups (broad SMARTS) is 1. The van der Waals surface area contributed by atoms with E-state index in [9.17, 15) is 27.2 Å². The normalized spacial score (nSPS) is 11.6. The van der Waals surface area contributed by atoms with Crippen LogP contribution in [0.3, 0.4) is 0 Å². The van der Waals surface area contributed by atoms with Gasteiger partial charge in [0.1, 0.15) is 11.6 Å². The van der Waals surface area contributed by atoms with Gasteiger partial charge in [0.2, 0.25) is 0 Å². The van der Waals surface area contributed by atoms with Crippen LogP contribution in [0.15, 0.2) is 42.5 Å². The first-order valence-corrected chi connectivity index (χ1v) is 7.99. The Morgan fingerprint density at radius 1 is 1.11 bits per heavy atom. The average molecular weight is 395 g/mol. The van der Waals surface area contributed by atoms with Crippen LogP contribution in [0.1, 0.15) is 21.6 Å². The van der Waals surface area contributed by atoms with Crippen molar-refractivity contribution in [3.63, 3.8) is 0 Å². The highest BCUT2D eigenvalue weighted by Gasteiger charge is 2.31. The maximum atomic E-state index is 14.3. The molecular weight excluding hydrogens is 382 g/mol. The molecule has 146 valence electrons. The number of halogens is 4. The fourth-order valence-electron chi connectivity index (χ4n) is 3.05. The first-order chi connectivity index (χ1) is 13.1. The fraction of sp³-hybridized carbons (Fsp3) is 0.158. The fourth-order valence-corrected chi connectivity index (χ4v) is 3.05. The smallest absolute Gasteiger partial charge is 0.481 e. The van der Waals surface area contributed by atoms with Crippen LogP contribution in [0.5, 0.6) is 5.75 Å². The summed E-state index contributed by atoms with van der Waals surface area (Å²) >= 11 is 0. The second kappa shape index (κ2) is 6.99. The zero-order valence-corrected chi connectivity index (χ0v) is 14.4. The van der Waals surface area contributed by atoms with Gasteiger partial charge in [-0.2, -0.15) is 0 Å². The maximum absolute atomic E-state index is 14.3. The van der Waals surface area contributed by atoms with Crippen LogP contribution in [0, 0.1) is 12.7 Å². The summed E-state index contributed by atoms with van der Waals surface area (Å²) in [6.07, 6.45) is -5.34. The molecule has 2 aromatic carbocycles. The Balaban J connectivity index is 2.08. The van der Waals surface area contributed by atoms with Crippen LogP contribution >= 0.6 is 0 Å². The van der Waals surface area contributed by atoms with Gasteiger partial charge in [0.25, 0.3) is 5.91 Å². The van der Waals surface area contributed by atoms with Crippen molar-refractivity contribution in [1.29, 1.82) is 0 Å². The molecule has 0 aliphatic heterocycles. The third-order valence-electron chi connectivity index (χ3n) is 4.17. The number of hydrogen-bond donors (Lipinski definition) is 1. The zero-order chi connectivity index (χ0) is 20.6. The molecule has 3 aromatic rings. The van der Waals surface area contributed by atoms with E-state index in [1.807, 2.05) is 0 Å². The summed E-state index contributed by atoms with van der Waals surface area (Å²) in [6, 6.07) is 8.27. The quantitative estimate of drug-likeness (QED) is 0.669. The second-order valence-corrected chi connectivity index (χ2v) is 5.98. The number of hydrogen-bond acceptors (Lipinski definition) is 3. The standard InChI is InChI=1S/C19H13F4NO4/c1-10-13(9-16(25)26)17-14(20)3-2-4-15(17)24(10)18(27)11-5-7-12(8-6-11)28-19(21,22)23/h2-8H,9H2,1H3,(H,25,26). The molecule has 0 amide bonds. The van der Waals surface area contributed by atoms with Gasteiger partial charge in [0, 0.05) is 16.6 Å². The van der Waals surface area contributed by atoms with Crippen LogP contribution < -0.4 is 4.74 Å². The number of carbonyl (C=O) groups is 2. The number of ether oxygens (including phenoxy) is 1. The molecular formula is C19H13F4NO4. The highest BCUT2D eigenvalue weighted by molar-refractivity contribution is 6.04. The van der Waals surface area contributed by atoms with Crippen LogP contribution in [0.4, 0.5) is 17.6 Å². The van der Waals surface area contributed by atoms with E-state index in [4.69, 9.17) is 5.11 Å². The van der Waals surface area contributed by atoms with E-state index >= 15 is 0 Å². The summed E-state index contributed by atoms with van der Waals surface area (Å²) < 4.78 is 56.0. The summed E-state index contributed by atoms with van der Waals surface area (Å²) in [6.45, 7) is 1.48. The monoisotopic (exact) mass is 395 g/mol. The molecule has 0 fully saturated rings. The Morgan fingerprint density at radius 2 is 1.75 bits per heavy atom. The van der Waals surface area contributed by atoms with Gasteiger partial charge in [-0.3, -0.25) is 14.2 Å². The number of rotatable bonds is 4. The summed E-state index contributed by atoms with van der Waals surface area (Å²) in [7, 11) is 0. The summed E-state index contributed by atoms with van der Waals surface area (Å²) in [4.78, 5) is 24.1. The molecule has 1 aromatic heterocycles. The van der Waals surface area contributed by atoms with E-state index in [0.717, 1.165) is 34.9 Å². The Hall–Kier alpha value is -3.36. The van der Waals surface area contributed by atoms with E-state index in [0.29, 0.717) is 0 Å². The molecule has 0 aliphatic carbocycles. The Morgan fingerprint density at radius 3 is 2.32 bits per heavy atom. The van der Waals surface area contributed by atoms with Crippen molar-refractivity contribution in [3.8, 4) is 5.75 Å². The van der Waals surface area contributed by atoms with Gasteiger partial charge in [-0.05, 0) is 48.9 Å². The van der Waals surface area contributed by atoms with Gasteiger partial charge in [-0.1, -0.05) is 6.07 Å². The first-order valence-electron chi connectivity index (χ1n) is 7.99. The molecule has 0 saturated carbocycles. The molecule has 3 rings (SSSR count). The van der Waals surface area contributed by atoms with Gasteiger partial charge in [-0.15, -0.1) is 13.2 Å². The summed E-state index contributed by atoms with van der Waals surface area (Å²) in [5, 5.41) is 9.13. The lowest BCUT2D eigenvalue weighted by Gasteiger charge is -2.10. The lowest BCUT2D eigenvalue weighted by Crippen LogP contribution is -2.17. The molecule has 9 heteroatoms. The van der Waals surface area contributed by atoms with Crippen LogP contribution in [0.25, 0.3) is 10.9 Å². The third kappa shape index (κ3) is 3.68. The molecule has 0 bridgehead atoms. The molecule has 0 atom stereocenters. The van der Waals surface area contributed by atoms with Gasteiger partial charge < -0.3 is 9.84 Å². The number of fused-ring (bicyclic) bond motifs is 1.